The normalized spacial score (nSPS) is 18.6. The van der Waals surface area contributed by atoms with Crippen LogP contribution in [0.4, 0.5) is 0 Å². The lowest BCUT2D eigenvalue weighted by atomic mass is 9.59. The number of hydrogen-bond acceptors (Lipinski definition) is 2. The van der Waals surface area contributed by atoms with E-state index >= 15 is 0 Å². The summed E-state index contributed by atoms with van der Waals surface area (Å²) in [7, 11) is 0. The van der Waals surface area contributed by atoms with Crippen molar-refractivity contribution < 1.29 is 4.74 Å². The van der Waals surface area contributed by atoms with Crippen LogP contribution in [-0.4, -0.2) is 19.8 Å². The van der Waals surface area contributed by atoms with E-state index in [0.717, 1.165) is 13.2 Å². The van der Waals surface area contributed by atoms with Gasteiger partial charge in [0.05, 0.1) is 13.2 Å². The fourth-order valence-corrected chi connectivity index (χ4v) is 2.89. The van der Waals surface area contributed by atoms with E-state index in [-0.39, 0.29) is 10.8 Å². The van der Waals surface area contributed by atoms with Crippen molar-refractivity contribution >= 4 is 0 Å². The Morgan fingerprint density at radius 2 is 1.78 bits per heavy atom. The Morgan fingerprint density at radius 1 is 1.17 bits per heavy atom. The molecule has 18 heavy (non-hydrogen) atoms. The minimum Gasteiger partial charge on any atom is -0.379 e. The highest BCUT2D eigenvalue weighted by Gasteiger charge is 2.52. The molecule has 2 rings (SSSR count). The van der Waals surface area contributed by atoms with Gasteiger partial charge in [0.15, 0.2) is 0 Å². The van der Waals surface area contributed by atoms with Gasteiger partial charge in [-0.05, 0) is 55.0 Å². The summed E-state index contributed by atoms with van der Waals surface area (Å²) in [5, 5.41) is 0. The van der Waals surface area contributed by atoms with Crippen LogP contribution in [0.1, 0.15) is 36.1 Å². The first-order valence-electron chi connectivity index (χ1n) is 6.71. The minimum absolute atomic E-state index is 0.0672. The second-order valence-electron chi connectivity index (χ2n) is 6.34. The molecule has 1 aliphatic rings. The molecule has 0 radical (unpaired) electrons. The summed E-state index contributed by atoms with van der Waals surface area (Å²) in [5.74, 6) is 0. The molecule has 100 valence electrons. The highest BCUT2D eigenvalue weighted by Crippen LogP contribution is 2.48. The van der Waals surface area contributed by atoms with E-state index in [1.807, 2.05) is 0 Å². The zero-order valence-electron chi connectivity index (χ0n) is 12.3. The molecule has 0 amide bonds. The molecule has 0 saturated carbocycles. The summed E-state index contributed by atoms with van der Waals surface area (Å²) in [6.45, 7) is 13.4. The Bertz CT molecular complexity index is 458. The Hall–Kier alpha value is -0.860. The van der Waals surface area contributed by atoms with E-state index in [9.17, 15) is 0 Å². The van der Waals surface area contributed by atoms with Gasteiger partial charge in [0, 0.05) is 5.41 Å². The lowest BCUT2D eigenvalue weighted by molar-refractivity contribution is -0.116. The average molecular weight is 247 g/mol. The van der Waals surface area contributed by atoms with Gasteiger partial charge in [0.1, 0.15) is 0 Å². The summed E-state index contributed by atoms with van der Waals surface area (Å²) < 4.78 is 5.55. The molecule has 0 atom stereocenters. The number of nitrogens with two attached hydrogens (primary N) is 1. The third-order valence-electron chi connectivity index (χ3n) is 5.08. The maximum Gasteiger partial charge on any atom is 0.0591 e. The Morgan fingerprint density at radius 3 is 2.22 bits per heavy atom. The third kappa shape index (κ3) is 1.70. The molecular formula is C16H25NO. The van der Waals surface area contributed by atoms with Gasteiger partial charge in [-0.3, -0.25) is 0 Å². The number of benzene rings is 1. The molecule has 1 aliphatic heterocycles. The highest BCUT2D eigenvalue weighted by atomic mass is 16.5. The summed E-state index contributed by atoms with van der Waals surface area (Å²) in [5.41, 5.74) is 11.7. The van der Waals surface area contributed by atoms with Gasteiger partial charge in [-0.2, -0.15) is 0 Å². The van der Waals surface area contributed by atoms with Crippen LogP contribution in [0.3, 0.4) is 0 Å². The van der Waals surface area contributed by atoms with E-state index in [2.05, 4.69) is 46.8 Å². The molecule has 2 N–H and O–H groups in total. The summed E-state index contributed by atoms with van der Waals surface area (Å²) in [6.07, 6.45) is 0. The zero-order chi connectivity index (χ0) is 13.6. The zero-order valence-corrected chi connectivity index (χ0v) is 12.3. The molecule has 0 aromatic heterocycles. The van der Waals surface area contributed by atoms with Gasteiger partial charge in [0.2, 0.25) is 0 Å². The van der Waals surface area contributed by atoms with Gasteiger partial charge < -0.3 is 10.5 Å². The molecule has 1 aromatic rings. The van der Waals surface area contributed by atoms with E-state index in [0.29, 0.717) is 6.54 Å². The molecule has 2 heteroatoms. The van der Waals surface area contributed by atoms with Gasteiger partial charge in [-0.15, -0.1) is 0 Å². The van der Waals surface area contributed by atoms with Crippen LogP contribution in [0.25, 0.3) is 0 Å². The molecule has 1 aromatic carbocycles. The molecule has 0 spiro atoms. The topological polar surface area (TPSA) is 35.2 Å². The molecule has 1 saturated heterocycles. The predicted octanol–water partition coefficient (Wildman–Crippen LogP) is 2.86. The third-order valence-corrected chi connectivity index (χ3v) is 5.08. The molecular weight excluding hydrogens is 222 g/mol. The second kappa shape index (κ2) is 4.36. The van der Waals surface area contributed by atoms with Gasteiger partial charge in [0.25, 0.3) is 0 Å². The molecule has 0 aliphatic carbocycles. The van der Waals surface area contributed by atoms with Crippen LogP contribution in [0, 0.1) is 26.2 Å². The first-order chi connectivity index (χ1) is 8.35. The molecule has 0 bridgehead atoms. The van der Waals surface area contributed by atoms with Crippen molar-refractivity contribution in [3.8, 4) is 0 Å². The summed E-state index contributed by atoms with van der Waals surface area (Å²) in [4.78, 5) is 0. The SMILES string of the molecule is Cc1ccc(C2(C(C)(C)CN)COC2)c(C)c1C. The Balaban J connectivity index is 2.56. The monoisotopic (exact) mass is 247 g/mol. The van der Waals surface area contributed by atoms with Crippen LogP contribution in [0.15, 0.2) is 12.1 Å². The van der Waals surface area contributed by atoms with Crippen LogP contribution in [-0.2, 0) is 10.2 Å². The first-order valence-corrected chi connectivity index (χ1v) is 6.71. The molecule has 0 unspecified atom stereocenters. The summed E-state index contributed by atoms with van der Waals surface area (Å²) in [6, 6.07) is 4.50. The standard InChI is InChI=1S/C16H25NO/c1-11-6-7-14(13(3)12(11)2)16(9-18-10-16)15(4,5)8-17/h6-7H,8-10,17H2,1-5H3. The highest BCUT2D eigenvalue weighted by molar-refractivity contribution is 5.45. The molecule has 2 nitrogen and oxygen atoms in total. The number of aryl methyl sites for hydroxylation is 1. The molecule has 1 heterocycles. The Kier molecular flexibility index (Phi) is 3.28. The maximum atomic E-state index is 6.00. The number of hydrogen-bond donors (Lipinski definition) is 1. The minimum atomic E-state index is 0.0672. The van der Waals surface area contributed by atoms with E-state index in [1.54, 1.807) is 0 Å². The van der Waals surface area contributed by atoms with Crippen molar-refractivity contribution in [3.05, 3.63) is 34.4 Å². The predicted molar refractivity (Wildman–Crippen MR) is 76.0 cm³/mol. The van der Waals surface area contributed by atoms with E-state index < -0.39 is 0 Å². The number of rotatable bonds is 3. The lowest BCUT2D eigenvalue weighted by Gasteiger charge is -2.53. The fraction of sp³-hybridized carbons (Fsp3) is 0.625. The largest absolute Gasteiger partial charge is 0.379 e. The van der Waals surface area contributed by atoms with Gasteiger partial charge in [-0.1, -0.05) is 26.0 Å². The smallest absolute Gasteiger partial charge is 0.0591 e. The van der Waals surface area contributed by atoms with Gasteiger partial charge >= 0.3 is 0 Å². The number of ether oxygens (including phenoxy) is 1. The van der Waals surface area contributed by atoms with Crippen molar-refractivity contribution in [1.82, 2.24) is 0 Å². The van der Waals surface area contributed by atoms with Crippen LogP contribution < -0.4 is 5.73 Å². The maximum absolute atomic E-state index is 6.00. The Labute approximate surface area is 111 Å². The first kappa shape index (κ1) is 13.6. The van der Waals surface area contributed by atoms with Crippen LogP contribution in [0.2, 0.25) is 0 Å². The van der Waals surface area contributed by atoms with Gasteiger partial charge in [-0.25, -0.2) is 0 Å². The fourth-order valence-electron chi connectivity index (χ4n) is 2.89. The lowest BCUT2D eigenvalue weighted by Crippen LogP contribution is -2.59. The average Bonchev–Trinajstić information content (AvgIpc) is 2.27. The van der Waals surface area contributed by atoms with Crippen molar-refractivity contribution in [3.63, 3.8) is 0 Å². The van der Waals surface area contributed by atoms with E-state index in [4.69, 9.17) is 10.5 Å². The van der Waals surface area contributed by atoms with Crippen LogP contribution in [0.5, 0.6) is 0 Å². The summed E-state index contributed by atoms with van der Waals surface area (Å²) >= 11 is 0. The quantitative estimate of drug-likeness (QED) is 0.891. The van der Waals surface area contributed by atoms with Crippen molar-refractivity contribution in [2.45, 2.75) is 40.0 Å². The molecule has 1 fully saturated rings. The van der Waals surface area contributed by atoms with Crippen molar-refractivity contribution in [1.29, 1.82) is 0 Å². The van der Waals surface area contributed by atoms with Crippen molar-refractivity contribution in [2.75, 3.05) is 19.8 Å². The van der Waals surface area contributed by atoms with Crippen LogP contribution >= 0.6 is 0 Å². The van der Waals surface area contributed by atoms with Crippen molar-refractivity contribution in [2.24, 2.45) is 11.1 Å². The second-order valence-corrected chi connectivity index (χ2v) is 6.34. The van der Waals surface area contributed by atoms with E-state index in [1.165, 1.54) is 22.3 Å².